The van der Waals surface area contributed by atoms with E-state index in [1.165, 1.54) is 12.4 Å². The zero-order valence-electron chi connectivity index (χ0n) is 43.6. The summed E-state index contributed by atoms with van der Waals surface area (Å²) in [5.74, 6) is 0.812. The number of carbonyl (C=O) groups excluding carboxylic acids is 3. The molecule has 2 aliphatic rings. The van der Waals surface area contributed by atoms with Crippen molar-refractivity contribution in [2.75, 3.05) is 58.3 Å². The molecule has 3 heterocycles. The molecule has 0 radical (unpaired) electrons. The normalized spacial score (nSPS) is 15.7. The first-order valence-electron chi connectivity index (χ1n) is 22.6. The average molecular weight is 1040 g/mol. The van der Waals surface area contributed by atoms with Crippen molar-refractivity contribution in [2.45, 2.75) is 181 Å². The maximum atomic E-state index is 12.2. The quantitative estimate of drug-likeness (QED) is 0.0906. The van der Waals surface area contributed by atoms with E-state index in [0.29, 0.717) is 25.6 Å². The van der Waals surface area contributed by atoms with E-state index in [1.54, 1.807) is 58.6 Å². The van der Waals surface area contributed by atoms with Crippen molar-refractivity contribution in [2.24, 2.45) is 32.8 Å². The first kappa shape index (κ1) is 70.1. The average Bonchev–Trinajstić information content (AvgIpc) is 3.14. The van der Waals surface area contributed by atoms with Crippen LogP contribution in [-0.2, 0) is 39.4 Å². The van der Waals surface area contributed by atoms with Gasteiger partial charge in [-0.1, -0.05) is 79.1 Å². The number of carbonyl (C=O) groups is 3. The summed E-state index contributed by atoms with van der Waals surface area (Å²) in [4.78, 5) is 41.1. The minimum Gasteiger partial charge on any atom is -0.594 e. The van der Waals surface area contributed by atoms with Crippen LogP contribution in [0.3, 0.4) is 0 Å². The fraction of sp³-hybridized carbons (Fsp3) is 0.812. The van der Waals surface area contributed by atoms with Gasteiger partial charge in [-0.25, -0.2) is 19.1 Å². The maximum absolute atomic E-state index is 12.2. The lowest BCUT2D eigenvalue weighted by atomic mass is 9.74. The highest BCUT2D eigenvalue weighted by Crippen LogP contribution is 2.36. The third-order valence-corrected chi connectivity index (χ3v) is 12.6. The Hall–Kier alpha value is -4.15. The van der Waals surface area contributed by atoms with Gasteiger partial charge in [-0.15, -0.1) is 8.42 Å². The number of rotatable bonds is 10. The van der Waals surface area contributed by atoms with Crippen LogP contribution in [0.25, 0.3) is 0 Å². The summed E-state index contributed by atoms with van der Waals surface area (Å²) >= 11 is 0. The van der Waals surface area contributed by atoms with Crippen LogP contribution in [0.15, 0.2) is 28.9 Å². The van der Waals surface area contributed by atoms with Gasteiger partial charge in [0.2, 0.25) is 0 Å². The molecule has 70 heavy (non-hydrogen) atoms. The van der Waals surface area contributed by atoms with Crippen LogP contribution in [0, 0.1) is 22.7 Å². The Labute approximate surface area is 424 Å². The molecule has 4 N–H and O–H groups in total. The highest BCUT2D eigenvalue weighted by molar-refractivity contribution is 7.88. The third-order valence-electron chi connectivity index (χ3n) is 10.5. The van der Waals surface area contributed by atoms with E-state index in [1.807, 2.05) is 84.0 Å². The Kier molecular flexibility index (Phi) is 27.7. The van der Waals surface area contributed by atoms with Crippen LogP contribution in [-0.4, -0.2) is 127 Å². The van der Waals surface area contributed by atoms with Gasteiger partial charge in [0.15, 0.2) is 18.5 Å². The van der Waals surface area contributed by atoms with Crippen molar-refractivity contribution in [3.05, 3.63) is 24.5 Å². The number of pyridine rings is 1. The number of anilines is 1. The predicted octanol–water partition coefficient (Wildman–Crippen LogP) is 7.21. The van der Waals surface area contributed by atoms with E-state index in [2.05, 4.69) is 23.0 Å². The fourth-order valence-corrected chi connectivity index (χ4v) is 8.30. The number of hydrogen-bond acceptors (Lipinski definition) is 14. The topological polar surface area (TPSA) is 256 Å². The van der Waals surface area contributed by atoms with Crippen LogP contribution in [0.1, 0.15) is 159 Å². The minimum absolute atomic E-state index is 0. The second-order valence-corrected chi connectivity index (χ2v) is 25.4. The smallest absolute Gasteiger partial charge is 0.493 e. The number of nitrogens with one attached hydrogen (secondary N) is 2. The zero-order chi connectivity index (χ0) is 52.2. The van der Waals surface area contributed by atoms with Gasteiger partial charge in [-0.3, -0.25) is 0 Å². The van der Waals surface area contributed by atoms with Crippen LogP contribution in [0.4, 0.5) is 20.1 Å². The molecule has 0 aliphatic carbocycles. The van der Waals surface area contributed by atoms with Crippen LogP contribution in [0.2, 0.25) is 0 Å². The summed E-state index contributed by atoms with van der Waals surface area (Å²) in [5.41, 5.74) is 3.91. The summed E-state index contributed by atoms with van der Waals surface area (Å²) in [6, 6.07) is 3.20. The molecule has 0 unspecified atom stereocenters. The van der Waals surface area contributed by atoms with Gasteiger partial charge in [-0.05, 0) is 117 Å². The number of ether oxygens (including phenoxy) is 4. The maximum Gasteiger partial charge on any atom is 0.493 e. The molecule has 0 saturated carbocycles. The van der Waals surface area contributed by atoms with Gasteiger partial charge < -0.3 is 44.5 Å². The van der Waals surface area contributed by atoms with Crippen molar-refractivity contribution >= 4 is 50.5 Å². The molecule has 412 valence electrons. The first-order chi connectivity index (χ1) is 30.1. The second kappa shape index (κ2) is 27.6. The Bertz CT molecular complexity index is 2000. The molecular formula is C48H96N8O12S2. The number of aromatic nitrogens is 1. The SMILES string of the molecule is C.C.C.CC(C)(C)OC(=O)N1CCC(C(C)(C)CN)CC1.CC(C)(C)OC(=O)NS(=O)(=O)NCC(C)(C)C1CCN(C(=O)OC(C)(C)C)CC1.CN(C)c1cc[n+](S(=O)(=O)N=C([O-])OC(C)(C)C)cc1. The Morgan fingerprint density at radius 3 is 1.36 bits per heavy atom. The molecule has 2 aliphatic heterocycles. The fourth-order valence-electron chi connectivity index (χ4n) is 6.66. The lowest BCUT2D eigenvalue weighted by Crippen LogP contribution is -2.49. The van der Waals surface area contributed by atoms with E-state index in [4.69, 9.17) is 24.7 Å². The molecular weight excluding hydrogens is 945 g/mol. The van der Waals surface area contributed by atoms with Crippen molar-refractivity contribution < 1.29 is 59.2 Å². The number of amides is 3. The molecule has 1 aromatic rings. The van der Waals surface area contributed by atoms with Crippen molar-refractivity contribution in [3.63, 3.8) is 0 Å². The number of nitrogens with two attached hydrogens (primary N) is 1. The number of hydrogen-bond donors (Lipinski definition) is 3. The highest BCUT2D eigenvalue weighted by Gasteiger charge is 2.37. The monoisotopic (exact) mass is 1040 g/mol. The number of nitrogens with zero attached hydrogens (tertiary/aromatic N) is 5. The second-order valence-electron chi connectivity index (χ2n) is 22.4. The Morgan fingerprint density at radius 1 is 0.671 bits per heavy atom. The molecule has 3 rings (SSSR count). The molecule has 2 fully saturated rings. The van der Waals surface area contributed by atoms with Gasteiger partial charge in [-0.2, -0.15) is 13.1 Å². The lowest BCUT2D eigenvalue weighted by molar-refractivity contribution is -0.511. The van der Waals surface area contributed by atoms with Crippen molar-refractivity contribution in [1.29, 1.82) is 0 Å². The first-order valence-corrected chi connectivity index (χ1v) is 25.5. The van der Waals surface area contributed by atoms with Crippen molar-refractivity contribution in [3.8, 4) is 0 Å². The molecule has 20 nitrogen and oxygen atoms in total. The summed E-state index contributed by atoms with van der Waals surface area (Å²) in [7, 11) is -4.49. The molecule has 0 aromatic carbocycles. The molecule has 22 heteroatoms. The van der Waals surface area contributed by atoms with E-state index in [-0.39, 0.29) is 57.8 Å². The van der Waals surface area contributed by atoms with Crippen LogP contribution >= 0.6 is 0 Å². The van der Waals surface area contributed by atoms with Gasteiger partial charge in [0.05, 0.1) is 0 Å². The molecule has 0 atom stereocenters. The standard InChI is InChI=1S/C19H37N3O6S.C14H28N2O2.C12H19N3O4S.3CH4/c1-17(2,3)27-15(23)21-29(25,26)20-13-19(7,8)14-9-11-22(12-10-14)16(24)28-18(4,5)6;1-13(2,3)18-12(17)16-8-6-11(7-9-16)14(4,5)10-15;1-12(2,3)19-11(16)13-20(17,18)15-8-6-10(7-9-15)14(4)5;;;/h14,20H,9-13H2,1-8H3,(H,21,23);11H,6-10,15H2,1-5H3;6-9H,1-5H3;3*1H4. The Balaban J connectivity index is -0.000000974. The molecule has 0 spiro atoms. The molecule has 3 amide bonds. The van der Waals surface area contributed by atoms with Gasteiger partial charge in [0.25, 0.3) is 0 Å². The summed E-state index contributed by atoms with van der Waals surface area (Å²) in [6.07, 6.45) is 3.49. The molecule has 0 bridgehead atoms. The van der Waals surface area contributed by atoms with Gasteiger partial charge in [0, 0.05) is 70.2 Å². The van der Waals surface area contributed by atoms with Crippen LogP contribution < -0.4 is 29.2 Å². The largest absolute Gasteiger partial charge is 0.594 e. The highest BCUT2D eigenvalue weighted by atomic mass is 32.2. The Morgan fingerprint density at radius 2 is 1.03 bits per heavy atom. The summed E-state index contributed by atoms with van der Waals surface area (Å²) in [6.45, 7) is 32.9. The number of piperidine rings is 2. The van der Waals surface area contributed by atoms with E-state index < -0.39 is 55.0 Å². The van der Waals surface area contributed by atoms with Crippen LogP contribution in [0.5, 0.6) is 0 Å². The number of likely N-dealkylation sites (tertiary alicyclic amines) is 2. The van der Waals surface area contributed by atoms with Gasteiger partial charge >= 0.3 is 38.7 Å². The van der Waals surface area contributed by atoms with Gasteiger partial charge in [0.1, 0.15) is 16.8 Å². The van der Waals surface area contributed by atoms with E-state index >= 15 is 0 Å². The minimum atomic E-state index is -4.13. The summed E-state index contributed by atoms with van der Waals surface area (Å²) < 4.78 is 76.9. The third kappa shape index (κ3) is 27.5. The van der Waals surface area contributed by atoms with E-state index in [9.17, 15) is 36.3 Å². The predicted molar refractivity (Wildman–Crippen MR) is 278 cm³/mol. The molecule has 1 aromatic heterocycles. The van der Waals surface area contributed by atoms with E-state index in [0.717, 1.165) is 48.4 Å². The van der Waals surface area contributed by atoms with Crippen molar-refractivity contribution in [1.82, 2.24) is 19.2 Å². The summed E-state index contributed by atoms with van der Waals surface area (Å²) in [5, 5.41) is 11.4. The zero-order valence-corrected chi connectivity index (χ0v) is 45.2. The lowest BCUT2D eigenvalue weighted by Gasteiger charge is -2.40. The molecule has 2 saturated heterocycles.